The molecule has 0 aliphatic heterocycles. The molecule has 102 valence electrons. The van der Waals surface area contributed by atoms with Crippen molar-refractivity contribution in [3.63, 3.8) is 0 Å². The monoisotopic (exact) mass is 259 g/mol. The lowest BCUT2D eigenvalue weighted by Crippen LogP contribution is -2.34. The minimum absolute atomic E-state index is 0.251. The summed E-state index contributed by atoms with van der Waals surface area (Å²) in [4.78, 5) is 4.16. The van der Waals surface area contributed by atoms with Gasteiger partial charge < -0.3 is 9.67 Å². The molecule has 4 atom stereocenters. The lowest BCUT2D eigenvalue weighted by molar-refractivity contribution is 0.0171. The first-order valence-electron chi connectivity index (χ1n) is 7.19. The van der Waals surface area contributed by atoms with Gasteiger partial charge in [-0.25, -0.2) is 4.98 Å². The molecule has 2 fully saturated rings. The first kappa shape index (κ1) is 12.7. The van der Waals surface area contributed by atoms with E-state index in [1.807, 2.05) is 4.57 Å². The topological polar surface area (TPSA) is 61.8 Å². The predicted octanol–water partition coefficient (Wildman–Crippen LogP) is 2.83. The van der Waals surface area contributed by atoms with Crippen LogP contribution in [0.2, 0.25) is 0 Å². The summed E-state index contributed by atoms with van der Waals surface area (Å²) in [5, 5.41) is 20.5. The molecule has 2 saturated carbocycles. The zero-order valence-electron chi connectivity index (χ0n) is 11.6. The van der Waals surface area contributed by atoms with Crippen LogP contribution >= 0.6 is 0 Å². The average molecular weight is 259 g/mol. The van der Waals surface area contributed by atoms with Crippen LogP contribution in [0.1, 0.15) is 57.4 Å². The van der Waals surface area contributed by atoms with E-state index in [1.54, 1.807) is 12.5 Å². The van der Waals surface area contributed by atoms with Crippen LogP contribution in [-0.4, -0.2) is 14.7 Å². The molecule has 1 N–H and O–H groups in total. The Kier molecular flexibility index (Phi) is 2.90. The molecule has 1 aromatic heterocycles. The van der Waals surface area contributed by atoms with Gasteiger partial charge in [0, 0.05) is 6.04 Å². The Bertz CT molecular complexity index is 516. The van der Waals surface area contributed by atoms with Gasteiger partial charge in [0.15, 0.2) is 0 Å². The summed E-state index contributed by atoms with van der Waals surface area (Å²) in [7, 11) is 0. The first-order chi connectivity index (χ1) is 9.08. The summed E-state index contributed by atoms with van der Waals surface area (Å²) in [6.07, 6.45) is 7.03. The third kappa shape index (κ3) is 1.72. The Hall–Kier alpha value is -1.34. The summed E-state index contributed by atoms with van der Waals surface area (Å²) in [5.41, 5.74) is 0.208. The van der Waals surface area contributed by atoms with Gasteiger partial charge in [0.1, 0.15) is 6.10 Å². The fourth-order valence-corrected chi connectivity index (χ4v) is 4.13. The Balaban J connectivity index is 1.97. The highest BCUT2D eigenvalue weighted by molar-refractivity contribution is 5.21. The van der Waals surface area contributed by atoms with Crippen molar-refractivity contribution in [1.29, 1.82) is 5.26 Å². The molecule has 4 heteroatoms. The van der Waals surface area contributed by atoms with Gasteiger partial charge in [0.25, 0.3) is 0 Å². The van der Waals surface area contributed by atoms with Crippen molar-refractivity contribution in [2.75, 3.05) is 0 Å². The zero-order chi connectivity index (χ0) is 13.6. The Morgan fingerprint density at radius 3 is 2.84 bits per heavy atom. The number of imidazole rings is 1. The normalized spacial score (nSPS) is 34.7. The minimum Gasteiger partial charge on any atom is -0.385 e. The maximum absolute atomic E-state index is 10.8. The molecule has 0 amide bonds. The second-order valence-electron chi connectivity index (χ2n) is 6.45. The van der Waals surface area contributed by atoms with E-state index in [1.165, 1.54) is 6.42 Å². The van der Waals surface area contributed by atoms with Crippen molar-refractivity contribution >= 4 is 0 Å². The maximum atomic E-state index is 10.8. The van der Waals surface area contributed by atoms with E-state index in [9.17, 15) is 10.4 Å². The number of fused-ring (bicyclic) bond motifs is 2. The van der Waals surface area contributed by atoms with Crippen molar-refractivity contribution in [2.45, 2.75) is 51.7 Å². The van der Waals surface area contributed by atoms with E-state index in [4.69, 9.17) is 0 Å². The third-order valence-corrected chi connectivity index (χ3v) is 5.12. The smallest absolute Gasteiger partial charge is 0.114 e. The predicted molar refractivity (Wildman–Crippen MR) is 71.1 cm³/mol. The highest BCUT2D eigenvalue weighted by Crippen LogP contribution is 2.60. The molecule has 4 nitrogen and oxygen atoms in total. The molecule has 19 heavy (non-hydrogen) atoms. The largest absolute Gasteiger partial charge is 0.385 e. The van der Waals surface area contributed by atoms with Crippen LogP contribution in [0, 0.1) is 28.6 Å². The summed E-state index contributed by atoms with van der Waals surface area (Å²) >= 11 is 0. The van der Waals surface area contributed by atoms with Crippen molar-refractivity contribution in [3.05, 3.63) is 18.2 Å². The van der Waals surface area contributed by atoms with Crippen LogP contribution in [-0.2, 0) is 0 Å². The van der Waals surface area contributed by atoms with Gasteiger partial charge in [-0.3, -0.25) is 0 Å². The van der Waals surface area contributed by atoms with Gasteiger partial charge in [-0.05, 0) is 44.9 Å². The summed E-state index contributed by atoms with van der Waals surface area (Å²) < 4.78 is 1.98. The van der Waals surface area contributed by atoms with Crippen molar-refractivity contribution in [2.24, 2.45) is 17.3 Å². The summed E-state index contributed by atoms with van der Waals surface area (Å²) in [5.74, 6) is 0.989. The van der Waals surface area contributed by atoms with Crippen LogP contribution in [0.5, 0.6) is 0 Å². The summed E-state index contributed by atoms with van der Waals surface area (Å²) in [6, 6.07) is 2.72. The van der Waals surface area contributed by atoms with E-state index in [0.29, 0.717) is 11.8 Å². The van der Waals surface area contributed by atoms with E-state index >= 15 is 0 Å². The molecule has 0 radical (unpaired) electrons. The van der Waals surface area contributed by atoms with Gasteiger partial charge in [0.05, 0.1) is 29.7 Å². The fraction of sp³-hybridized carbons (Fsp3) is 0.733. The van der Waals surface area contributed by atoms with E-state index in [2.05, 4.69) is 24.9 Å². The molecule has 0 aromatic carbocycles. The highest BCUT2D eigenvalue weighted by atomic mass is 16.3. The van der Waals surface area contributed by atoms with Crippen molar-refractivity contribution < 1.29 is 5.11 Å². The molecule has 4 unspecified atom stereocenters. The lowest BCUT2D eigenvalue weighted by Gasteiger charge is -2.36. The Morgan fingerprint density at radius 2 is 2.32 bits per heavy atom. The number of rotatable bonds is 3. The van der Waals surface area contributed by atoms with Gasteiger partial charge in [-0.1, -0.05) is 6.42 Å². The number of nitrogens with zero attached hydrogens (tertiary/aromatic N) is 3. The van der Waals surface area contributed by atoms with Gasteiger partial charge >= 0.3 is 0 Å². The number of aliphatic hydroxyl groups is 1. The van der Waals surface area contributed by atoms with E-state index in [-0.39, 0.29) is 6.04 Å². The standard InChI is InChI=1S/C15H21N3O/c1-10(2)18-9-17-7-13(18)14(19)15(8-16)6-11-3-4-12(15)5-11/h7,9-12,14,19H,3-6H2,1-2H3. The molecule has 3 rings (SSSR count). The van der Waals surface area contributed by atoms with Crippen LogP contribution in [0.15, 0.2) is 12.5 Å². The molecule has 2 bridgehead atoms. The molecular formula is C15H21N3O. The molecule has 0 saturated heterocycles. The molecule has 1 aromatic rings. The quantitative estimate of drug-likeness (QED) is 0.908. The lowest BCUT2D eigenvalue weighted by atomic mass is 9.69. The first-order valence-corrected chi connectivity index (χ1v) is 7.19. The van der Waals surface area contributed by atoms with E-state index < -0.39 is 11.5 Å². The van der Waals surface area contributed by atoms with E-state index in [0.717, 1.165) is 25.0 Å². The third-order valence-electron chi connectivity index (χ3n) is 5.12. The fourth-order valence-electron chi connectivity index (χ4n) is 4.13. The van der Waals surface area contributed by atoms with Crippen LogP contribution in [0.25, 0.3) is 0 Å². The van der Waals surface area contributed by atoms with Crippen molar-refractivity contribution in [1.82, 2.24) is 9.55 Å². The average Bonchev–Trinajstić information content (AvgIpc) is 3.11. The maximum Gasteiger partial charge on any atom is 0.114 e. The zero-order valence-corrected chi connectivity index (χ0v) is 11.6. The summed E-state index contributed by atoms with van der Waals surface area (Å²) in [6.45, 7) is 4.13. The molecular weight excluding hydrogens is 238 g/mol. The Morgan fingerprint density at radius 1 is 1.53 bits per heavy atom. The van der Waals surface area contributed by atoms with Crippen LogP contribution in [0.3, 0.4) is 0 Å². The molecule has 2 aliphatic rings. The SMILES string of the molecule is CC(C)n1cncc1C(O)C1(C#N)CC2CCC1C2. The van der Waals surface area contributed by atoms with Gasteiger partial charge in [-0.15, -0.1) is 0 Å². The number of hydrogen-bond donors (Lipinski definition) is 1. The molecule has 2 aliphatic carbocycles. The van der Waals surface area contributed by atoms with Crippen molar-refractivity contribution in [3.8, 4) is 6.07 Å². The van der Waals surface area contributed by atoms with Gasteiger partial charge in [-0.2, -0.15) is 5.26 Å². The number of hydrogen-bond acceptors (Lipinski definition) is 3. The number of aliphatic hydroxyl groups excluding tert-OH is 1. The highest BCUT2D eigenvalue weighted by Gasteiger charge is 2.56. The number of aromatic nitrogens is 2. The van der Waals surface area contributed by atoms with Gasteiger partial charge in [0.2, 0.25) is 0 Å². The number of nitriles is 1. The molecule has 0 spiro atoms. The second kappa shape index (κ2) is 4.35. The van der Waals surface area contributed by atoms with Crippen LogP contribution in [0.4, 0.5) is 0 Å². The second-order valence-corrected chi connectivity index (χ2v) is 6.45. The Labute approximate surface area is 114 Å². The minimum atomic E-state index is -0.710. The molecule has 1 heterocycles. The van der Waals surface area contributed by atoms with Crippen LogP contribution < -0.4 is 0 Å².